The Morgan fingerprint density at radius 2 is 0.903 bits per heavy atom. The van der Waals surface area contributed by atoms with Crippen LogP contribution in [0, 0.1) is 16.2 Å². The van der Waals surface area contributed by atoms with E-state index in [9.17, 15) is 14.2 Å². The Hall–Kier alpha value is -4.08. The van der Waals surface area contributed by atoms with Crippen LogP contribution < -0.4 is 18.5 Å². The van der Waals surface area contributed by atoms with E-state index in [1.54, 1.807) is 6.07 Å². The lowest BCUT2D eigenvalue weighted by Crippen LogP contribution is -2.45. The first kappa shape index (κ1) is 54.2. The highest BCUT2D eigenvalue weighted by Gasteiger charge is 2.50. The van der Waals surface area contributed by atoms with E-state index in [0.717, 1.165) is 59.1 Å². The number of carbonyl (C=O) groups excluding carboxylic acids is 2. The standard InChI is InChI=1S/C59H78O11P2/c1-17-55(9,10)37-19-23-45-41(27-37)49(51(60)67-45)43-28-38(56(11,12)18-2)21-25-47(43)69-71-63-33-59(34-64-71)35-65-72(62,66-36-59)70-48-26-22-40(58(15,16)32-54(6,7)8)30-44(48)50-42-29-39(20-24-46(42)68-52(50)61)57(13,14)31-53(3,4)5/h19-30,49-50H,17-18,31-36H2,1-16H3. The van der Waals surface area contributed by atoms with Crippen molar-refractivity contribution in [2.75, 3.05) is 26.4 Å². The largest absolute Gasteiger partial charge is 0.530 e. The van der Waals surface area contributed by atoms with E-state index in [4.69, 9.17) is 36.6 Å². The van der Waals surface area contributed by atoms with Crippen LogP contribution in [-0.4, -0.2) is 38.4 Å². The highest BCUT2D eigenvalue weighted by atomic mass is 31.2. The molecule has 0 N–H and O–H groups in total. The Morgan fingerprint density at radius 3 is 1.32 bits per heavy atom. The number of carbonyl (C=O) groups is 2. The van der Waals surface area contributed by atoms with E-state index in [-0.39, 0.29) is 70.6 Å². The molecular weight excluding hydrogens is 947 g/mol. The summed E-state index contributed by atoms with van der Waals surface area (Å²) in [6.07, 6.45) is 3.61. The molecule has 2 saturated heterocycles. The summed E-state index contributed by atoms with van der Waals surface area (Å²) in [7, 11) is -6.17. The van der Waals surface area contributed by atoms with Gasteiger partial charge >= 0.3 is 28.4 Å². The molecule has 4 aliphatic rings. The number of ether oxygens (including phenoxy) is 2. The van der Waals surface area contributed by atoms with Gasteiger partial charge in [-0.25, -0.2) is 4.57 Å². The van der Waals surface area contributed by atoms with Gasteiger partial charge in [-0.3, -0.25) is 18.6 Å². The lowest BCUT2D eigenvalue weighted by molar-refractivity contribution is -0.134. The van der Waals surface area contributed by atoms with Crippen molar-refractivity contribution < 1.29 is 50.8 Å². The van der Waals surface area contributed by atoms with Crippen LogP contribution >= 0.6 is 16.4 Å². The summed E-state index contributed by atoms with van der Waals surface area (Å²) in [4.78, 5) is 27.9. The Morgan fingerprint density at radius 1 is 0.528 bits per heavy atom. The summed E-state index contributed by atoms with van der Waals surface area (Å²) < 4.78 is 64.1. The predicted molar refractivity (Wildman–Crippen MR) is 284 cm³/mol. The van der Waals surface area contributed by atoms with Gasteiger partial charge in [0.15, 0.2) is 0 Å². The Balaban J connectivity index is 1.02. The van der Waals surface area contributed by atoms with Crippen LogP contribution in [0.1, 0.15) is 193 Å². The number of fused-ring (bicyclic) bond motifs is 2. The predicted octanol–water partition coefficient (Wildman–Crippen LogP) is 15.5. The molecule has 8 rings (SSSR count). The first-order valence-electron chi connectivity index (χ1n) is 25.7. The monoisotopic (exact) mass is 1020 g/mol. The minimum Gasteiger partial charge on any atom is -0.426 e. The Labute approximate surface area is 430 Å². The lowest BCUT2D eigenvalue weighted by atomic mass is 9.71. The highest BCUT2D eigenvalue weighted by molar-refractivity contribution is 7.49. The van der Waals surface area contributed by atoms with Crippen LogP contribution in [0.15, 0.2) is 72.8 Å². The molecule has 390 valence electrons. The number of benzene rings is 4. The van der Waals surface area contributed by atoms with E-state index >= 15 is 0 Å². The molecule has 2 unspecified atom stereocenters. The van der Waals surface area contributed by atoms with E-state index in [1.165, 1.54) is 0 Å². The summed E-state index contributed by atoms with van der Waals surface area (Å²) in [5.74, 6) is -0.618. The molecule has 2 fully saturated rings. The second-order valence-corrected chi connectivity index (χ2v) is 28.6. The van der Waals surface area contributed by atoms with Gasteiger partial charge in [0.1, 0.15) is 34.8 Å². The van der Waals surface area contributed by atoms with Gasteiger partial charge in [0.25, 0.3) is 0 Å². The molecule has 0 amide bonds. The van der Waals surface area contributed by atoms with E-state index in [1.807, 2.05) is 48.5 Å². The van der Waals surface area contributed by atoms with E-state index < -0.39 is 39.6 Å². The third-order valence-electron chi connectivity index (χ3n) is 15.4. The van der Waals surface area contributed by atoms with Crippen LogP contribution in [0.5, 0.6) is 23.0 Å². The molecule has 11 nitrogen and oxygen atoms in total. The van der Waals surface area contributed by atoms with Gasteiger partial charge < -0.3 is 27.6 Å². The van der Waals surface area contributed by atoms with Crippen molar-refractivity contribution in [1.82, 2.24) is 0 Å². The second kappa shape index (κ2) is 19.2. The average Bonchev–Trinajstić information content (AvgIpc) is 3.80. The van der Waals surface area contributed by atoms with E-state index in [0.29, 0.717) is 28.4 Å². The molecule has 13 heteroatoms. The smallest absolute Gasteiger partial charge is 0.426 e. The molecule has 0 radical (unpaired) electrons. The van der Waals surface area contributed by atoms with Crippen molar-refractivity contribution in [2.24, 2.45) is 16.2 Å². The molecule has 1 spiro atoms. The van der Waals surface area contributed by atoms with Crippen molar-refractivity contribution in [2.45, 2.75) is 170 Å². The van der Waals surface area contributed by atoms with Gasteiger partial charge in [0.2, 0.25) is 0 Å². The van der Waals surface area contributed by atoms with Gasteiger partial charge in [-0.05, 0) is 105 Å². The van der Waals surface area contributed by atoms with Crippen LogP contribution in [0.3, 0.4) is 0 Å². The third-order valence-corrected chi connectivity index (χ3v) is 17.7. The molecule has 0 saturated carbocycles. The lowest BCUT2D eigenvalue weighted by Gasteiger charge is -2.41. The minimum absolute atomic E-state index is 0.0182. The second-order valence-electron chi connectivity index (χ2n) is 25.9. The molecule has 4 heterocycles. The fourth-order valence-corrected chi connectivity index (χ4v) is 13.7. The maximum absolute atomic E-state index is 14.6. The highest BCUT2D eigenvalue weighted by Crippen LogP contribution is 2.60. The van der Waals surface area contributed by atoms with Crippen LogP contribution in [0.4, 0.5) is 0 Å². The summed E-state index contributed by atoms with van der Waals surface area (Å²) in [6, 6.07) is 23.8. The third kappa shape index (κ3) is 11.3. The Bertz CT molecular complexity index is 2750. The van der Waals surface area contributed by atoms with Gasteiger partial charge in [-0.15, -0.1) is 0 Å². The number of phosphoric acid groups is 1. The first-order valence-corrected chi connectivity index (χ1v) is 28.3. The van der Waals surface area contributed by atoms with Crippen LogP contribution in [0.2, 0.25) is 0 Å². The van der Waals surface area contributed by atoms with Gasteiger partial charge in [-0.1, -0.05) is 159 Å². The summed E-state index contributed by atoms with van der Waals surface area (Å²) in [5.41, 5.74) is 5.59. The van der Waals surface area contributed by atoms with Crippen LogP contribution in [-0.2, 0) is 53.9 Å². The Kier molecular flexibility index (Phi) is 14.5. The van der Waals surface area contributed by atoms with E-state index in [2.05, 4.69) is 129 Å². The molecule has 4 aliphatic heterocycles. The zero-order chi connectivity index (χ0) is 52.6. The van der Waals surface area contributed by atoms with Crippen molar-refractivity contribution in [3.8, 4) is 23.0 Å². The fourth-order valence-electron chi connectivity index (χ4n) is 11.0. The van der Waals surface area contributed by atoms with Gasteiger partial charge in [0.05, 0.1) is 31.8 Å². The quantitative estimate of drug-likeness (QED) is 0.0681. The number of hydrogen-bond donors (Lipinski definition) is 0. The van der Waals surface area contributed by atoms with Crippen molar-refractivity contribution >= 4 is 28.4 Å². The van der Waals surface area contributed by atoms with Crippen molar-refractivity contribution in [3.63, 3.8) is 0 Å². The summed E-state index contributed by atoms with van der Waals surface area (Å²) >= 11 is 0. The summed E-state index contributed by atoms with van der Waals surface area (Å²) in [6.45, 7) is 35.4. The first-order chi connectivity index (χ1) is 33.4. The molecule has 4 aromatic carbocycles. The molecule has 72 heavy (non-hydrogen) atoms. The SMILES string of the molecule is CCC(C)(C)c1ccc2c(c1)C(c1cc(C(C)(C)CC)ccc1OP1OCC3(CO1)COP(=O)(Oc1ccc(C(C)(C)CC(C)(C)C)cc1C1C(=O)Oc4ccc(C(C)(C)CC(C)(C)C)cc41)OC3)C(=O)O2. The number of rotatable bonds is 14. The number of esters is 2. The van der Waals surface area contributed by atoms with Gasteiger partial charge in [0, 0.05) is 22.3 Å². The van der Waals surface area contributed by atoms with Crippen LogP contribution in [0.25, 0.3) is 0 Å². The zero-order valence-electron chi connectivity index (χ0n) is 45.6. The fraction of sp³-hybridized carbons (Fsp3) is 0.559. The average molecular weight is 1030 g/mol. The molecule has 0 aromatic heterocycles. The maximum atomic E-state index is 14.6. The van der Waals surface area contributed by atoms with Crippen molar-refractivity contribution in [3.05, 3.63) is 117 Å². The molecular formula is C59H78O11P2. The maximum Gasteiger partial charge on any atom is 0.530 e. The zero-order valence-corrected chi connectivity index (χ0v) is 47.4. The topological polar surface area (TPSA) is 125 Å². The number of hydrogen-bond acceptors (Lipinski definition) is 11. The molecule has 2 atom stereocenters. The van der Waals surface area contributed by atoms with Gasteiger partial charge in [-0.2, -0.15) is 0 Å². The molecule has 0 bridgehead atoms. The molecule has 0 aliphatic carbocycles. The summed E-state index contributed by atoms with van der Waals surface area (Å²) in [5, 5.41) is 0. The molecule has 4 aromatic rings. The normalized spacial score (nSPS) is 23.9. The van der Waals surface area contributed by atoms with Crippen molar-refractivity contribution in [1.29, 1.82) is 0 Å². The minimum atomic E-state index is -4.24. The number of phosphoric ester groups is 1.